The second kappa shape index (κ2) is 9.56. The summed E-state index contributed by atoms with van der Waals surface area (Å²) in [7, 11) is 0. The molecule has 0 spiro atoms. The van der Waals surface area contributed by atoms with E-state index in [0.29, 0.717) is 21.8 Å². The molecule has 2 amide bonds. The zero-order chi connectivity index (χ0) is 20.1. The summed E-state index contributed by atoms with van der Waals surface area (Å²) in [5, 5.41) is 14.6. The molecule has 1 aromatic rings. The summed E-state index contributed by atoms with van der Waals surface area (Å²) >= 11 is 7.23. The fraction of sp³-hybridized carbons (Fsp3) is 0.500. The molecule has 2 aliphatic rings. The number of amides is 2. The first-order valence-electron chi connectivity index (χ1n) is 9.58. The standard InChI is InChI=1S/C20H25ClN4O2S/c1-12-8-9-15(21)10-16(12)22-18(26)11-17-19(27)23-20(28-17)25-24-13(2)14-6-4-3-5-7-14/h8-10,14,17H,3-7,11H2,1-2H3,(H,22,26)(H,23,25,27)/b24-13-/t17-/m0/s1. The molecule has 2 N–H and O–H groups in total. The lowest BCUT2D eigenvalue weighted by Gasteiger charge is -2.20. The Bertz CT molecular complexity index is 818. The second-order valence-corrected chi connectivity index (χ2v) is 8.92. The summed E-state index contributed by atoms with van der Waals surface area (Å²) in [5.41, 5.74) is 2.58. The highest BCUT2D eigenvalue weighted by atomic mass is 35.5. The molecule has 150 valence electrons. The average molecular weight is 421 g/mol. The monoisotopic (exact) mass is 420 g/mol. The van der Waals surface area contributed by atoms with E-state index in [2.05, 4.69) is 20.8 Å². The quantitative estimate of drug-likeness (QED) is 0.542. The van der Waals surface area contributed by atoms with Gasteiger partial charge in [-0.25, -0.2) is 0 Å². The van der Waals surface area contributed by atoms with Crippen molar-refractivity contribution in [1.82, 2.24) is 5.32 Å². The van der Waals surface area contributed by atoms with E-state index in [1.54, 1.807) is 12.1 Å². The number of rotatable bonds is 5. The van der Waals surface area contributed by atoms with Gasteiger partial charge in [-0.3, -0.25) is 9.59 Å². The van der Waals surface area contributed by atoms with Crippen molar-refractivity contribution in [3.63, 3.8) is 0 Å². The predicted octanol–water partition coefficient (Wildman–Crippen LogP) is 4.52. The van der Waals surface area contributed by atoms with Gasteiger partial charge in [0.25, 0.3) is 0 Å². The van der Waals surface area contributed by atoms with E-state index in [1.165, 1.54) is 31.0 Å². The number of thioether (sulfide) groups is 1. The average Bonchev–Trinajstić information content (AvgIpc) is 3.02. The minimum atomic E-state index is -0.511. The molecule has 3 rings (SSSR count). The fourth-order valence-corrected chi connectivity index (χ4v) is 4.50. The Hall–Kier alpha value is -1.86. The van der Waals surface area contributed by atoms with Gasteiger partial charge in [0, 0.05) is 22.8 Å². The number of amidine groups is 1. The Labute approximate surface area is 174 Å². The molecule has 0 aromatic heterocycles. The van der Waals surface area contributed by atoms with E-state index in [1.807, 2.05) is 19.9 Å². The maximum Gasteiger partial charge on any atom is 0.240 e. The van der Waals surface area contributed by atoms with Crippen LogP contribution in [0.5, 0.6) is 0 Å². The van der Waals surface area contributed by atoms with Gasteiger partial charge in [-0.1, -0.05) is 48.7 Å². The van der Waals surface area contributed by atoms with Crippen molar-refractivity contribution in [2.45, 2.75) is 57.6 Å². The van der Waals surface area contributed by atoms with Gasteiger partial charge < -0.3 is 10.6 Å². The Morgan fingerprint density at radius 1 is 1.32 bits per heavy atom. The molecule has 6 nitrogen and oxygen atoms in total. The van der Waals surface area contributed by atoms with Crippen molar-refractivity contribution in [3.8, 4) is 0 Å². The van der Waals surface area contributed by atoms with E-state index >= 15 is 0 Å². The summed E-state index contributed by atoms with van der Waals surface area (Å²) in [5.74, 6) is 0.0381. The van der Waals surface area contributed by atoms with Crippen molar-refractivity contribution in [3.05, 3.63) is 28.8 Å². The third-order valence-electron chi connectivity index (χ3n) is 5.12. The van der Waals surface area contributed by atoms with Crippen LogP contribution in [0.25, 0.3) is 0 Å². The largest absolute Gasteiger partial charge is 0.326 e. The highest BCUT2D eigenvalue weighted by molar-refractivity contribution is 8.15. The SMILES string of the molecule is C/C(=N/N=C1\NC(=O)[C@H](CC(=O)Nc2cc(Cl)ccc2C)S1)C1CCCCC1. The molecular formula is C20H25ClN4O2S. The van der Waals surface area contributed by atoms with Crippen LogP contribution in [0.3, 0.4) is 0 Å². The van der Waals surface area contributed by atoms with Crippen molar-refractivity contribution in [2.75, 3.05) is 5.32 Å². The molecule has 1 aliphatic carbocycles. The second-order valence-electron chi connectivity index (χ2n) is 7.29. The van der Waals surface area contributed by atoms with Crippen molar-refractivity contribution in [2.24, 2.45) is 16.1 Å². The van der Waals surface area contributed by atoms with E-state index < -0.39 is 5.25 Å². The molecule has 1 aromatic carbocycles. The number of aryl methyl sites for hydroxylation is 1. The molecule has 1 saturated carbocycles. The number of benzene rings is 1. The number of hydrogen-bond acceptors (Lipinski definition) is 5. The van der Waals surface area contributed by atoms with Crippen LogP contribution in [-0.2, 0) is 9.59 Å². The normalized spacial score (nSPS) is 22.4. The number of anilines is 1. The van der Waals surface area contributed by atoms with Crippen molar-refractivity contribution in [1.29, 1.82) is 0 Å². The van der Waals surface area contributed by atoms with Crippen LogP contribution in [0.4, 0.5) is 5.69 Å². The Kier molecular flexibility index (Phi) is 7.13. The van der Waals surface area contributed by atoms with Crippen LogP contribution in [0.2, 0.25) is 5.02 Å². The molecule has 8 heteroatoms. The molecule has 1 saturated heterocycles. The van der Waals surface area contributed by atoms with Gasteiger partial charge in [0.2, 0.25) is 11.8 Å². The maximum atomic E-state index is 12.3. The summed E-state index contributed by atoms with van der Waals surface area (Å²) in [6.45, 7) is 3.89. The van der Waals surface area contributed by atoms with Gasteiger partial charge >= 0.3 is 0 Å². The number of halogens is 1. The molecule has 0 unspecified atom stereocenters. The van der Waals surface area contributed by atoms with Gasteiger partial charge in [0.05, 0.1) is 0 Å². The number of hydrogen-bond donors (Lipinski definition) is 2. The molecule has 2 fully saturated rings. The summed E-state index contributed by atoms with van der Waals surface area (Å²) < 4.78 is 0. The van der Waals surface area contributed by atoms with Crippen LogP contribution in [-0.4, -0.2) is 27.9 Å². The zero-order valence-electron chi connectivity index (χ0n) is 16.1. The lowest BCUT2D eigenvalue weighted by Crippen LogP contribution is -2.28. The van der Waals surface area contributed by atoms with Crippen LogP contribution < -0.4 is 10.6 Å². The number of nitrogens with one attached hydrogen (secondary N) is 2. The van der Waals surface area contributed by atoms with Crippen LogP contribution in [0.15, 0.2) is 28.4 Å². The molecule has 28 heavy (non-hydrogen) atoms. The van der Waals surface area contributed by atoms with E-state index in [-0.39, 0.29) is 18.2 Å². The Morgan fingerprint density at radius 3 is 2.82 bits per heavy atom. The topological polar surface area (TPSA) is 82.9 Å². The molecule has 0 radical (unpaired) electrons. The maximum absolute atomic E-state index is 12.3. The zero-order valence-corrected chi connectivity index (χ0v) is 17.7. The highest BCUT2D eigenvalue weighted by Crippen LogP contribution is 2.27. The lowest BCUT2D eigenvalue weighted by molar-refractivity contribution is -0.122. The third-order valence-corrected chi connectivity index (χ3v) is 6.42. The van der Waals surface area contributed by atoms with Crippen LogP contribution in [0, 0.1) is 12.8 Å². The minimum absolute atomic E-state index is 0.0623. The predicted molar refractivity (Wildman–Crippen MR) is 116 cm³/mol. The lowest BCUT2D eigenvalue weighted by atomic mass is 9.86. The van der Waals surface area contributed by atoms with Crippen LogP contribution >= 0.6 is 23.4 Å². The summed E-state index contributed by atoms with van der Waals surface area (Å²) in [6, 6.07) is 5.31. The van der Waals surface area contributed by atoms with E-state index in [0.717, 1.165) is 24.1 Å². The summed E-state index contributed by atoms with van der Waals surface area (Å²) in [4.78, 5) is 24.5. The highest BCUT2D eigenvalue weighted by Gasteiger charge is 2.32. The number of carbonyl (C=O) groups excluding carboxylic acids is 2. The van der Waals surface area contributed by atoms with E-state index in [4.69, 9.17) is 11.6 Å². The van der Waals surface area contributed by atoms with Gasteiger partial charge in [0.1, 0.15) is 5.25 Å². The smallest absolute Gasteiger partial charge is 0.240 e. The first-order chi connectivity index (χ1) is 13.4. The van der Waals surface area contributed by atoms with Gasteiger partial charge in [0.15, 0.2) is 5.17 Å². The molecule has 0 bridgehead atoms. The molecule has 1 heterocycles. The molecule has 1 atom stereocenters. The molecule has 1 aliphatic heterocycles. The Balaban J connectivity index is 1.56. The number of nitrogens with zero attached hydrogens (tertiary/aromatic N) is 2. The first kappa shape index (κ1) is 20.9. The van der Waals surface area contributed by atoms with Crippen molar-refractivity contribution < 1.29 is 9.59 Å². The minimum Gasteiger partial charge on any atom is -0.326 e. The summed E-state index contributed by atoms with van der Waals surface area (Å²) in [6.07, 6.45) is 6.15. The van der Waals surface area contributed by atoms with E-state index in [9.17, 15) is 9.59 Å². The Morgan fingerprint density at radius 2 is 2.07 bits per heavy atom. The number of carbonyl (C=O) groups is 2. The first-order valence-corrected chi connectivity index (χ1v) is 10.8. The van der Waals surface area contributed by atoms with Gasteiger partial charge in [-0.2, -0.15) is 5.10 Å². The van der Waals surface area contributed by atoms with Crippen molar-refractivity contribution >= 4 is 51.7 Å². The fourth-order valence-electron chi connectivity index (χ4n) is 3.41. The van der Waals surface area contributed by atoms with Gasteiger partial charge in [-0.15, -0.1) is 5.10 Å². The third kappa shape index (κ3) is 5.58. The van der Waals surface area contributed by atoms with Crippen LogP contribution in [0.1, 0.15) is 51.0 Å². The van der Waals surface area contributed by atoms with Gasteiger partial charge in [-0.05, 0) is 50.3 Å². The molecular weight excluding hydrogens is 396 g/mol.